The highest BCUT2D eigenvalue weighted by atomic mass is 16.5. The molecule has 2 unspecified atom stereocenters. The van der Waals surface area contributed by atoms with Gasteiger partial charge in [0.25, 0.3) is 0 Å². The van der Waals surface area contributed by atoms with Crippen LogP contribution >= 0.6 is 0 Å². The van der Waals surface area contributed by atoms with Crippen LogP contribution < -0.4 is 5.73 Å². The zero-order valence-electron chi connectivity index (χ0n) is 10.8. The molecule has 0 bridgehead atoms. The molecule has 1 aromatic rings. The molecular formula is C15H23NO. The maximum atomic E-state index is 6.06. The molecule has 0 spiro atoms. The van der Waals surface area contributed by atoms with Gasteiger partial charge in [0.15, 0.2) is 0 Å². The van der Waals surface area contributed by atoms with E-state index in [1.54, 1.807) is 0 Å². The Hall–Kier alpha value is -0.860. The number of benzene rings is 1. The average molecular weight is 233 g/mol. The predicted molar refractivity (Wildman–Crippen MR) is 70.5 cm³/mol. The van der Waals surface area contributed by atoms with Crippen LogP contribution in [0.1, 0.15) is 25.8 Å². The van der Waals surface area contributed by atoms with E-state index < -0.39 is 0 Å². The maximum absolute atomic E-state index is 6.06. The molecule has 94 valence electrons. The first kappa shape index (κ1) is 12.6. The SMILES string of the molecule is CC(C)CC1C(N)[C@H]1COCc1ccccc1. The summed E-state index contributed by atoms with van der Waals surface area (Å²) in [5, 5.41) is 0. The largest absolute Gasteiger partial charge is 0.376 e. The molecule has 0 aliphatic heterocycles. The number of hydrogen-bond acceptors (Lipinski definition) is 2. The molecule has 1 aliphatic rings. The van der Waals surface area contributed by atoms with Gasteiger partial charge in [0.1, 0.15) is 0 Å². The van der Waals surface area contributed by atoms with Crippen LogP contribution in [0.4, 0.5) is 0 Å². The Labute approximate surface area is 104 Å². The fourth-order valence-corrected chi connectivity index (χ4v) is 2.47. The van der Waals surface area contributed by atoms with Crippen molar-refractivity contribution in [2.45, 2.75) is 32.9 Å². The Morgan fingerprint density at radius 3 is 2.53 bits per heavy atom. The lowest BCUT2D eigenvalue weighted by Crippen LogP contribution is -2.07. The Morgan fingerprint density at radius 1 is 1.18 bits per heavy atom. The Balaban J connectivity index is 1.67. The molecule has 1 aromatic carbocycles. The third-order valence-electron chi connectivity index (χ3n) is 3.56. The quantitative estimate of drug-likeness (QED) is 0.820. The van der Waals surface area contributed by atoms with E-state index in [2.05, 4.69) is 26.0 Å². The van der Waals surface area contributed by atoms with Crippen molar-refractivity contribution in [1.29, 1.82) is 0 Å². The normalized spacial score (nSPS) is 27.4. The van der Waals surface area contributed by atoms with Gasteiger partial charge in [-0.1, -0.05) is 44.2 Å². The Morgan fingerprint density at radius 2 is 1.88 bits per heavy atom. The summed E-state index contributed by atoms with van der Waals surface area (Å²) < 4.78 is 5.75. The highest BCUT2D eigenvalue weighted by Gasteiger charge is 2.47. The molecule has 0 radical (unpaired) electrons. The summed E-state index contributed by atoms with van der Waals surface area (Å²) in [6, 6.07) is 10.7. The molecular weight excluding hydrogens is 210 g/mol. The molecule has 1 fully saturated rings. The van der Waals surface area contributed by atoms with Gasteiger partial charge in [-0.05, 0) is 23.8 Å². The molecule has 2 nitrogen and oxygen atoms in total. The summed E-state index contributed by atoms with van der Waals surface area (Å²) in [6.07, 6.45) is 1.24. The first-order chi connectivity index (χ1) is 8.18. The van der Waals surface area contributed by atoms with E-state index in [1.165, 1.54) is 12.0 Å². The van der Waals surface area contributed by atoms with Crippen molar-refractivity contribution in [1.82, 2.24) is 0 Å². The molecule has 1 saturated carbocycles. The van der Waals surface area contributed by atoms with Gasteiger partial charge in [0, 0.05) is 12.0 Å². The summed E-state index contributed by atoms with van der Waals surface area (Å²) >= 11 is 0. The molecule has 2 heteroatoms. The second-order valence-electron chi connectivity index (χ2n) is 5.54. The minimum Gasteiger partial charge on any atom is -0.376 e. The van der Waals surface area contributed by atoms with E-state index in [-0.39, 0.29) is 0 Å². The van der Waals surface area contributed by atoms with Crippen molar-refractivity contribution in [2.75, 3.05) is 6.61 Å². The van der Waals surface area contributed by atoms with E-state index in [9.17, 15) is 0 Å². The van der Waals surface area contributed by atoms with Gasteiger partial charge >= 0.3 is 0 Å². The van der Waals surface area contributed by atoms with Gasteiger partial charge in [0.05, 0.1) is 13.2 Å². The van der Waals surface area contributed by atoms with Crippen LogP contribution in [-0.2, 0) is 11.3 Å². The topological polar surface area (TPSA) is 35.2 Å². The first-order valence-corrected chi connectivity index (χ1v) is 6.55. The lowest BCUT2D eigenvalue weighted by Gasteiger charge is -2.05. The van der Waals surface area contributed by atoms with Gasteiger partial charge in [0.2, 0.25) is 0 Å². The second-order valence-corrected chi connectivity index (χ2v) is 5.54. The van der Waals surface area contributed by atoms with Crippen LogP contribution in [0, 0.1) is 17.8 Å². The third-order valence-corrected chi connectivity index (χ3v) is 3.56. The van der Waals surface area contributed by atoms with E-state index in [0.29, 0.717) is 24.5 Å². The molecule has 3 atom stereocenters. The highest BCUT2D eigenvalue weighted by molar-refractivity contribution is 5.13. The van der Waals surface area contributed by atoms with E-state index >= 15 is 0 Å². The van der Waals surface area contributed by atoms with Crippen LogP contribution in [0.5, 0.6) is 0 Å². The number of nitrogens with two attached hydrogens (primary N) is 1. The third kappa shape index (κ3) is 3.55. The second kappa shape index (κ2) is 5.65. The molecule has 0 saturated heterocycles. The molecule has 17 heavy (non-hydrogen) atoms. The van der Waals surface area contributed by atoms with Gasteiger partial charge in [-0.15, -0.1) is 0 Å². The van der Waals surface area contributed by atoms with Crippen molar-refractivity contribution < 1.29 is 4.74 Å². The molecule has 2 rings (SSSR count). The molecule has 0 heterocycles. The van der Waals surface area contributed by atoms with Crippen LogP contribution in [0.3, 0.4) is 0 Å². The number of hydrogen-bond donors (Lipinski definition) is 1. The van der Waals surface area contributed by atoms with Gasteiger partial charge in [-0.25, -0.2) is 0 Å². The maximum Gasteiger partial charge on any atom is 0.0717 e. The van der Waals surface area contributed by atoms with Crippen LogP contribution in [0.25, 0.3) is 0 Å². The highest BCUT2D eigenvalue weighted by Crippen LogP contribution is 2.42. The summed E-state index contributed by atoms with van der Waals surface area (Å²) in [4.78, 5) is 0. The van der Waals surface area contributed by atoms with Crippen molar-refractivity contribution in [3.63, 3.8) is 0 Å². The smallest absolute Gasteiger partial charge is 0.0717 e. The first-order valence-electron chi connectivity index (χ1n) is 6.55. The van der Waals surface area contributed by atoms with Crippen LogP contribution in [0.15, 0.2) is 30.3 Å². The monoisotopic (exact) mass is 233 g/mol. The zero-order chi connectivity index (χ0) is 12.3. The molecule has 2 N–H and O–H groups in total. The van der Waals surface area contributed by atoms with E-state index in [4.69, 9.17) is 10.5 Å². The predicted octanol–water partition coefficient (Wildman–Crippen LogP) is 2.82. The van der Waals surface area contributed by atoms with Crippen molar-refractivity contribution in [3.05, 3.63) is 35.9 Å². The fourth-order valence-electron chi connectivity index (χ4n) is 2.47. The average Bonchev–Trinajstić information content (AvgIpc) is 2.89. The lowest BCUT2D eigenvalue weighted by molar-refractivity contribution is 0.106. The van der Waals surface area contributed by atoms with E-state index in [0.717, 1.165) is 12.5 Å². The zero-order valence-corrected chi connectivity index (χ0v) is 10.8. The van der Waals surface area contributed by atoms with Crippen molar-refractivity contribution >= 4 is 0 Å². The number of rotatable bonds is 6. The summed E-state index contributed by atoms with van der Waals surface area (Å²) in [5.41, 5.74) is 7.30. The van der Waals surface area contributed by atoms with Crippen LogP contribution in [-0.4, -0.2) is 12.6 Å². The van der Waals surface area contributed by atoms with Gasteiger partial charge in [-0.3, -0.25) is 0 Å². The summed E-state index contributed by atoms with van der Waals surface area (Å²) in [7, 11) is 0. The van der Waals surface area contributed by atoms with Crippen LogP contribution in [0.2, 0.25) is 0 Å². The minimum absolute atomic E-state index is 0.369. The molecule has 1 aliphatic carbocycles. The summed E-state index contributed by atoms with van der Waals surface area (Å²) in [6.45, 7) is 6.03. The summed E-state index contributed by atoms with van der Waals surface area (Å²) in [5.74, 6) is 2.01. The van der Waals surface area contributed by atoms with Gasteiger partial charge < -0.3 is 10.5 Å². The molecule has 0 aromatic heterocycles. The van der Waals surface area contributed by atoms with Crippen molar-refractivity contribution in [3.8, 4) is 0 Å². The molecule has 0 amide bonds. The minimum atomic E-state index is 0.369. The Bertz CT molecular complexity index is 336. The lowest BCUT2D eigenvalue weighted by atomic mass is 10.1. The van der Waals surface area contributed by atoms with Gasteiger partial charge in [-0.2, -0.15) is 0 Å². The standard InChI is InChI=1S/C15H23NO/c1-11(2)8-13-14(15(13)16)10-17-9-12-6-4-3-5-7-12/h3-7,11,13-15H,8-10,16H2,1-2H3/t13?,14-,15?/m0/s1. The van der Waals surface area contributed by atoms with Crippen molar-refractivity contribution in [2.24, 2.45) is 23.5 Å². The fraction of sp³-hybridized carbons (Fsp3) is 0.600. The number of ether oxygens (including phenoxy) is 1. The van der Waals surface area contributed by atoms with E-state index in [1.807, 2.05) is 18.2 Å². The Kier molecular flexibility index (Phi) is 4.19.